The molecule has 1 aromatic carbocycles. The maximum Gasteiger partial charge on any atom is 0.238 e. The van der Waals surface area contributed by atoms with Gasteiger partial charge in [-0.3, -0.25) is 0 Å². The lowest BCUT2D eigenvalue weighted by Gasteiger charge is -2.04. The largest absolute Gasteiger partial charge is 0.366 e. The second-order valence-corrected chi connectivity index (χ2v) is 6.22. The molecule has 0 unspecified atom stereocenters. The smallest absolute Gasteiger partial charge is 0.238 e. The molecule has 0 atom stereocenters. The number of hydrogen-bond donors (Lipinski definition) is 2. The van der Waals surface area contributed by atoms with E-state index in [0.29, 0.717) is 23.9 Å². The van der Waals surface area contributed by atoms with Crippen molar-refractivity contribution < 1.29 is 8.42 Å². The molecule has 0 spiro atoms. The molecule has 2 rings (SSSR count). The van der Waals surface area contributed by atoms with Crippen molar-refractivity contribution in [3.05, 3.63) is 35.0 Å². The predicted octanol–water partition coefficient (Wildman–Crippen LogP) is 1.49. The summed E-state index contributed by atoms with van der Waals surface area (Å²) in [5.74, 6) is 0.563. The van der Waals surface area contributed by atoms with Gasteiger partial charge in [0.05, 0.1) is 16.6 Å². The molecule has 0 radical (unpaired) electrons. The maximum absolute atomic E-state index is 11.1. The van der Waals surface area contributed by atoms with Gasteiger partial charge in [-0.05, 0) is 24.1 Å². The molecule has 0 amide bonds. The zero-order valence-corrected chi connectivity index (χ0v) is 12.1. The van der Waals surface area contributed by atoms with E-state index < -0.39 is 10.0 Å². The average Bonchev–Trinajstić information content (AvgIpc) is 2.75. The van der Waals surface area contributed by atoms with Crippen LogP contribution < -0.4 is 10.5 Å². The summed E-state index contributed by atoms with van der Waals surface area (Å²) >= 11 is 6.83. The number of sulfonamides is 1. The van der Waals surface area contributed by atoms with Gasteiger partial charge in [0.1, 0.15) is 0 Å². The summed E-state index contributed by atoms with van der Waals surface area (Å²) in [5.41, 5.74) is 0.985. The number of aromatic nitrogens is 2. The van der Waals surface area contributed by atoms with Gasteiger partial charge in [0, 0.05) is 6.54 Å². The van der Waals surface area contributed by atoms with Crippen LogP contribution in [0.15, 0.2) is 29.2 Å². The molecule has 19 heavy (non-hydrogen) atoms. The van der Waals surface area contributed by atoms with Crippen LogP contribution in [0.4, 0.5) is 5.82 Å². The van der Waals surface area contributed by atoms with Gasteiger partial charge in [0.2, 0.25) is 10.0 Å². The highest BCUT2D eigenvalue weighted by Crippen LogP contribution is 2.17. The molecule has 0 aliphatic carbocycles. The van der Waals surface area contributed by atoms with E-state index in [9.17, 15) is 8.42 Å². The van der Waals surface area contributed by atoms with Gasteiger partial charge in [-0.1, -0.05) is 23.7 Å². The molecule has 0 bridgehead atoms. The lowest BCUT2D eigenvalue weighted by Crippen LogP contribution is -2.12. The second-order valence-electron chi connectivity index (χ2n) is 3.77. The summed E-state index contributed by atoms with van der Waals surface area (Å²) in [7, 11) is -3.63. The zero-order valence-electron chi connectivity index (χ0n) is 9.71. The predicted molar refractivity (Wildman–Crippen MR) is 74.9 cm³/mol. The lowest BCUT2D eigenvalue weighted by atomic mass is 10.1. The highest BCUT2D eigenvalue weighted by Gasteiger charge is 2.07. The molecule has 3 N–H and O–H groups in total. The van der Waals surface area contributed by atoms with Crippen LogP contribution in [0.1, 0.15) is 5.56 Å². The zero-order chi connectivity index (χ0) is 13.9. The summed E-state index contributed by atoms with van der Waals surface area (Å²) in [5, 5.41) is 8.42. The number of hydrogen-bond acceptors (Lipinski definition) is 6. The fraction of sp³-hybridized carbons (Fsp3) is 0.200. The number of nitrogens with zero attached hydrogens (tertiary/aromatic N) is 2. The highest BCUT2D eigenvalue weighted by molar-refractivity contribution is 7.89. The summed E-state index contributed by atoms with van der Waals surface area (Å²) < 4.78 is 30.0. The number of nitrogens with two attached hydrogens (primary N) is 1. The molecule has 9 heteroatoms. The summed E-state index contributed by atoms with van der Waals surface area (Å²) in [4.78, 5) is 0.107. The molecule has 102 valence electrons. The van der Waals surface area contributed by atoms with Crippen LogP contribution in [-0.2, 0) is 16.4 Å². The first-order chi connectivity index (χ1) is 8.97. The third-order valence-corrected chi connectivity index (χ3v) is 4.23. The first-order valence-electron chi connectivity index (χ1n) is 5.30. The van der Waals surface area contributed by atoms with Gasteiger partial charge in [-0.25, -0.2) is 13.6 Å². The van der Waals surface area contributed by atoms with Gasteiger partial charge in [0.15, 0.2) is 11.0 Å². The Labute approximate surface area is 120 Å². The fourth-order valence-electron chi connectivity index (χ4n) is 1.45. The van der Waals surface area contributed by atoms with Crippen LogP contribution in [0.5, 0.6) is 0 Å². The number of nitrogens with one attached hydrogen (secondary N) is 1. The van der Waals surface area contributed by atoms with Crippen molar-refractivity contribution in [1.29, 1.82) is 0 Å². The normalized spacial score (nSPS) is 11.5. The van der Waals surface area contributed by atoms with Gasteiger partial charge in [-0.2, -0.15) is 8.75 Å². The monoisotopic (exact) mass is 318 g/mol. The van der Waals surface area contributed by atoms with Crippen LogP contribution in [0.2, 0.25) is 5.15 Å². The van der Waals surface area contributed by atoms with E-state index in [1.54, 1.807) is 12.1 Å². The third-order valence-electron chi connectivity index (χ3n) is 2.41. The van der Waals surface area contributed by atoms with E-state index in [0.717, 1.165) is 17.3 Å². The maximum atomic E-state index is 11.1. The van der Waals surface area contributed by atoms with Crippen LogP contribution in [0.3, 0.4) is 0 Å². The molecule has 6 nitrogen and oxygen atoms in total. The van der Waals surface area contributed by atoms with E-state index in [1.165, 1.54) is 12.1 Å². The topological polar surface area (TPSA) is 98.0 Å². The molecule has 0 saturated heterocycles. The Morgan fingerprint density at radius 2 is 1.95 bits per heavy atom. The first kappa shape index (κ1) is 14.2. The van der Waals surface area contributed by atoms with Crippen molar-refractivity contribution in [3.8, 4) is 0 Å². The van der Waals surface area contributed by atoms with Crippen LogP contribution in [-0.4, -0.2) is 23.7 Å². The third kappa shape index (κ3) is 3.87. The molecule has 1 aromatic heterocycles. The summed E-state index contributed by atoms with van der Waals surface area (Å²) in [6, 6.07) is 6.43. The Morgan fingerprint density at radius 1 is 1.26 bits per heavy atom. The number of anilines is 1. The van der Waals surface area contributed by atoms with Gasteiger partial charge < -0.3 is 5.32 Å². The molecular weight excluding hydrogens is 308 g/mol. The Balaban J connectivity index is 1.92. The minimum absolute atomic E-state index is 0.107. The fourth-order valence-corrected chi connectivity index (χ4v) is 2.65. The van der Waals surface area contributed by atoms with Crippen LogP contribution >= 0.6 is 23.3 Å². The quantitative estimate of drug-likeness (QED) is 0.870. The van der Waals surface area contributed by atoms with Gasteiger partial charge in [-0.15, -0.1) is 0 Å². The molecule has 1 heterocycles. The van der Waals surface area contributed by atoms with E-state index in [4.69, 9.17) is 16.7 Å². The average molecular weight is 319 g/mol. The number of primary sulfonamides is 1. The second kappa shape index (κ2) is 5.83. The van der Waals surface area contributed by atoms with E-state index >= 15 is 0 Å². The molecule has 0 saturated carbocycles. The van der Waals surface area contributed by atoms with Crippen molar-refractivity contribution in [3.63, 3.8) is 0 Å². The van der Waals surface area contributed by atoms with Crippen LogP contribution in [0, 0.1) is 0 Å². The van der Waals surface area contributed by atoms with Gasteiger partial charge in [0.25, 0.3) is 0 Å². The Kier molecular flexibility index (Phi) is 4.35. The van der Waals surface area contributed by atoms with Crippen molar-refractivity contribution in [2.24, 2.45) is 5.14 Å². The van der Waals surface area contributed by atoms with Crippen LogP contribution in [0.25, 0.3) is 0 Å². The molecular formula is C10H11ClN4O2S2. The Hall–Kier alpha value is -1.22. The Morgan fingerprint density at radius 3 is 2.47 bits per heavy atom. The van der Waals surface area contributed by atoms with E-state index in [-0.39, 0.29) is 4.90 Å². The first-order valence-corrected chi connectivity index (χ1v) is 7.96. The number of halogens is 1. The minimum atomic E-state index is -3.63. The van der Waals surface area contributed by atoms with Gasteiger partial charge >= 0.3 is 0 Å². The molecule has 2 aromatic rings. The van der Waals surface area contributed by atoms with Crippen molar-refractivity contribution in [2.75, 3.05) is 11.9 Å². The van der Waals surface area contributed by atoms with E-state index in [2.05, 4.69) is 14.1 Å². The number of benzene rings is 1. The number of rotatable bonds is 5. The Bertz CT molecular complexity index is 654. The lowest BCUT2D eigenvalue weighted by molar-refractivity contribution is 0.598. The van der Waals surface area contributed by atoms with Crippen molar-refractivity contribution >= 4 is 39.2 Å². The summed E-state index contributed by atoms with van der Waals surface area (Å²) in [6.45, 7) is 0.625. The van der Waals surface area contributed by atoms with E-state index in [1.807, 2.05) is 0 Å². The molecule has 0 aliphatic heterocycles. The highest BCUT2D eigenvalue weighted by atomic mass is 35.5. The van der Waals surface area contributed by atoms with Crippen molar-refractivity contribution in [1.82, 2.24) is 8.75 Å². The molecule has 0 fully saturated rings. The standard InChI is InChI=1S/C10H11ClN4O2S2/c11-9-10(15-18-14-9)13-6-5-7-1-3-8(4-2-7)19(12,16)17/h1-4H,5-6H2,(H,13,15)(H2,12,16,17). The SMILES string of the molecule is NS(=O)(=O)c1ccc(CCNc2nsnc2Cl)cc1. The summed E-state index contributed by atoms with van der Waals surface area (Å²) in [6.07, 6.45) is 0.707. The van der Waals surface area contributed by atoms with Crippen molar-refractivity contribution in [2.45, 2.75) is 11.3 Å². The molecule has 0 aliphatic rings. The minimum Gasteiger partial charge on any atom is -0.366 e.